The summed E-state index contributed by atoms with van der Waals surface area (Å²) in [5.41, 5.74) is 0. The Morgan fingerprint density at radius 1 is 1.47 bits per heavy atom. The van der Waals surface area contributed by atoms with Gasteiger partial charge in [-0.1, -0.05) is 13.3 Å². The molecule has 0 saturated heterocycles. The maximum Gasteiger partial charge on any atom is 0.251 e. The molecule has 15 heavy (non-hydrogen) atoms. The number of aliphatic hydroxyl groups excluding tert-OH is 2. The molecule has 0 heterocycles. The van der Waals surface area contributed by atoms with Gasteiger partial charge in [0, 0.05) is 13.6 Å². The monoisotopic (exact) mass is 215 g/mol. The maximum atomic E-state index is 11.6. The molecular formula is C11H21NO3. The molecule has 1 aliphatic carbocycles. The van der Waals surface area contributed by atoms with Crippen molar-refractivity contribution in [2.45, 2.75) is 44.8 Å². The predicted molar refractivity (Wildman–Crippen MR) is 57.3 cm³/mol. The predicted octanol–water partition coefficient (Wildman–Crippen LogP) is 0.377. The van der Waals surface area contributed by atoms with Crippen LogP contribution in [-0.4, -0.2) is 46.8 Å². The van der Waals surface area contributed by atoms with Gasteiger partial charge in [-0.15, -0.1) is 0 Å². The van der Waals surface area contributed by atoms with Gasteiger partial charge in [-0.05, 0) is 25.2 Å². The number of hydrogen-bond donors (Lipinski definition) is 2. The first-order chi connectivity index (χ1) is 7.06. The van der Waals surface area contributed by atoms with Crippen LogP contribution < -0.4 is 0 Å². The van der Waals surface area contributed by atoms with Crippen LogP contribution in [0.25, 0.3) is 0 Å². The SMILES string of the molecule is CCCC(O)C(=O)N(C)CC(O)C1CC1. The van der Waals surface area contributed by atoms with Crippen molar-refractivity contribution >= 4 is 5.91 Å². The first kappa shape index (κ1) is 12.5. The molecule has 1 amide bonds. The number of rotatable bonds is 6. The lowest BCUT2D eigenvalue weighted by Gasteiger charge is -2.23. The van der Waals surface area contributed by atoms with Crippen LogP contribution in [0.1, 0.15) is 32.6 Å². The first-order valence-corrected chi connectivity index (χ1v) is 5.67. The van der Waals surface area contributed by atoms with Crippen LogP contribution in [-0.2, 0) is 4.79 Å². The fourth-order valence-electron chi connectivity index (χ4n) is 1.65. The quantitative estimate of drug-likeness (QED) is 0.673. The second kappa shape index (κ2) is 5.47. The van der Waals surface area contributed by atoms with E-state index in [0.29, 0.717) is 18.9 Å². The highest BCUT2D eigenvalue weighted by molar-refractivity contribution is 5.80. The zero-order chi connectivity index (χ0) is 11.4. The van der Waals surface area contributed by atoms with Gasteiger partial charge < -0.3 is 15.1 Å². The van der Waals surface area contributed by atoms with E-state index in [1.165, 1.54) is 4.90 Å². The van der Waals surface area contributed by atoms with Gasteiger partial charge in [0.25, 0.3) is 5.91 Å². The molecular weight excluding hydrogens is 194 g/mol. The fourth-order valence-corrected chi connectivity index (χ4v) is 1.65. The molecule has 2 atom stereocenters. The van der Waals surface area contributed by atoms with E-state index in [0.717, 1.165) is 19.3 Å². The van der Waals surface area contributed by atoms with Crippen molar-refractivity contribution in [3.05, 3.63) is 0 Å². The van der Waals surface area contributed by atoms with Crippen LogP contribution in [0.3, 0.4) is 0 Å². The number of carbonyl (C=O) groups is 1. The Labute approximate surface area is 90.9 Å². The Hall–Kier alpha value is -0.610. The van der Waals surface area contributed by atoms with E-state index in [1.807, 2.05) is 6.92 Å². The Morgan fingerprint density at radius 3 is 2.53 bits per heavy atom. The summed E-state index contributed by atoms with van der Waals surface area (Å²) < 4.78 is 0. The molecule has 88 valence electrons. The minimum absolute atomic E-state index is 0.281. The van der Waals surface area contributed by atoms with E-state index in [4.69, 9.17) is 0 Å². The smallest absolute Gasteiger partial charge is 0.251 e. The highest BCUT2D eigenvalue weighted by Crippen LogP contribution is 2.32. The van der Waals surface area contributed by atoms with Crippen molar-refractivity contribution in [2.75, 3.05) is 13.6 Å². The Kier molecular flexibility index (Phi) is 4.54. The average Bonchev–Trinajstić information content (AvgIpc) is 2.99. The molecule has 4 heteroatoms. The van der Waals surface area contributed by atoms with Crippen molar-refractivity contribution in [1.82, 2.24) is 4.90 Å². The van der Waals surface area contributed by atoms with Gasteiger partial charge in [0.05, 0.1) is 6.10 Å². The Balaban J connectivity index is 2.30. The molecule has 2 N–H and O–H groups in total. The van der Waals surface area contributed by atoms with Crippen molar-refractivity contribution < 1.29 is 15.0 Å². The zero-order valence-electron chi connectivity index (χ0n) is 9.52. The normalized spacial score (nSPS) is 19.7. The number of aliphatic hydroxyl groups is 2. The number of amides is 1. The number of likely N-dealkylation sites (N-methyl/N-ethyl adjacent to an activating group) is 1. The van der Waals surface area contributed by atoms with Gasteiger partial charge >= 0.3 is 0 Å². The largest absolute Gasteiger partial charge is 0.391 e. The van der Waals surface area contributed by atoms with Gasteiger partial charge in [-0.25, -0.2) is 0 Å². The standard InChI is InChI=1S/C11H21NO3/c1-3-4-9(13)11(15)12(2)7-10(14)8-5-6-8/h8-10,13-14H,3-7H2,1-2H3. The molecule has 0 radical (unpaired) electrons. The average molecular weight is 215 g/mol. The third-order valence-corrected chi connectivity index (χ3v) is 2.85. The topological polar surface area (TPSA) is 60.8 Å². The summed E-state index contributed by atoms with van der Waals surface area (Å²) in [6.07, 6.45) is 2.05. The summed E-state index contributed by atoms with van der Waals surface area (Å²) in [7, 11) is 1.63. The Morgan fingerprint density at radius 2 is 2.07 bits per heavy atom. The van der Waals surface area contributed by atoms with Crippen molar-refractivity contribution in [3.63, 3.8) is 0 Å². The second-order valence-electron chi connectivity index (χ2n) is 4.43. The van der Waals surface area contributed by atoms with Crippen molar-refractivity contribution in [1.29, 1.82) is 0 Å². The number of hydrogen-bond acceptors (Lipinski definition) is 3. The van der Waals surface area contributed by atoms with Gasteiger partial charge in [-0.3, -0.25) is 4.79 Å². The summed E-state index contributed by atoms with van der Waals surface area (Å²) in [6, 6.07) is 0. The van der Waals surface area contributed by atoms with E-state index in [1.54, 1.807) is 7.05 Å². The van der Waals surface area contributed by atoms with Gasteiger partial charge in [0.1, 0.15) is 6.10 Å². The van der Waals surface area contributed by atoms with E-state index < -0.39 is 12.2 Å². The molecule has 0 aromatic carbocycles. The molecule has 1 saturated carbocycles. The van der Waals surface area contributed by atoms with Crippen LogP contribution in [0.4, 0.5) is 0 Å². The Bertz CT molecular complexity index is 216. The molecule has 1 rings (SSSR count). The lowest BCUT2D eigenvalue weighted by atomic mass is 10.1. The van der Waals surface area contributed by atoms with Crippen LogP contribution in [0, 0.1) is 5.92 Å². The minimum atomic E-state index is -0.911. The third-order valence-electron chi connectivity index (χ3n) is 2.85. The van der Waals surface area contributed by atoms with Crippen LogP contribution in [0.5, 0.6) is 0 Å². The van der Waals surface area contributed by atoms with Crippen molar-refractivity contribution in [3.8, 4) is 0 Å². The van der Waals surface area contributed by atoms with Crippen LogP contribution >= 0.6 is 0 Å². The van der Waals surface area contributed by atoms with Gasteiger partial charge in [0.15, 0.2) is 0 Å². The summed E-state index contributed by atoms with van der Waals surface area (Å²) in [6.45, 7) is 2.26. The molecule has 0 aliphatic heterocycles. The fraction of sp³-hybridized carbons (Fsp3) is 0.909. The first-order valence-electron chi connectivity index (χ1n) is 5.67. The van der Waals surface area contributed by atoms with Crippen LogP contribution in [0.2, 0.25) is 0 Å². The van der Waals surface area contributed by atoms with Gasteiger partial charge in [-0.2, -0.15) is 0 Å². The summed E-state index contributed by atoms with van der Waals surface area (Å²) in [5.74, 6) is 0.0834. The van der Waals surface area contributed by atoms with Crippen molar-refractivity contribution in [2.24, 2.45) is 5.92 Å². The number of carbonyl (C=O) groups excluding carboxylic acids is 1. The van der Waals surface area contributed by atoms with E-state index >= 15 is 0 Å². The summed E-state index contributed by atoms with van der Waals surface area (Å²) >= 11 is 0. The molecule has 2 unspecified atom stereocenters. The number of nitrogens with zero attached hydrogens (tertiary/aromatic N) is 1. The molecule has 0 aromatic rings. The van der Waals surface area contributed by atoms with E-state index in [2.05, 4.69) is 0 Å². The lowest BCUT2D eigenvalue weighted by molar-refractivity contribution is -0.140. The maximum absolute atomic E-state index is 11.6. The summed E-state index contributed by atoms with van der Waals surface area (Å²) in [5, 5.41) is 19.1. The summed E-state index contributed by atoms with van der Waals surface area (Å²) in [4.78, 5) is 13.0. The molecule has 1 fully saturated rings. The highest BCUT2D eigenvalue weighted by atomic mass is 16.3. The minimum Gasteiger partial charge on any atom is -0.391 e. The van der Waals surface area contributed by atoms with Gasteiger partial charge in [0.2, 0.25) is 0 Å². The zero-order valence-corrected chi connectivity index (χ0v) is 9.52. The second-order valence-corrected chi connectivity index (χ2v) is 4.43. The van der Waals surface area contributed by atoms with E-state index in [-0.39, 0.29) is 5.91 Å². The molecule has 4 nitrogen and oxygen atoms in total. The lowest BCUT2D eigenvalue weighted by Crippen LogP contribution is -2.41. The molecule has 0 aromatic heterocycles. The van der Waals surface area contributed by atoms with Crippen LogP contribution in [0.15, 0.2) is 0 Å². The molecule has 1 aliphatic rings. The molecule has 0 bridgehead atoms. The highest BCUT2D eigenvalue weighted by Gasteiger charge is 2.31. The third kappa shape index (κ3) is 3.80. The molecule has 0 spiro atoms. The van der Waals surface area contributed by atoms with E-state index in [9.17, 15) is 15.0 Å².